The summed E-state index contributed by atoms with van der Waals surface area (Å²) in [6.45, 7) is 6.58. The molecule has 2 heteroatoms. The highest BCUT2D eigenvalue weighted by Gasteiger charge is 2.17. The van der Waals surface area contributed by atoms with Gasteiger partial charge in [0, 0.05) is 6.54 Å². The first kappa shape index (κ1) is 14.4. The summed E-state index contributed by atoms with van der Waals surface area (Å²) in [6.07, 6.45) is 5.82. The lowest BCUT2D eigenvalue weighted by Gasteiger charge is -2.26. The minimum Gasteiger partial charge on any atom is -0.489 e. The van der Waals surface area contributed by atoms with E-state index in [1.807, 2.05) is 30.3 Å². The Morgan fingerprint density at radius 3 is 2.53 bits per heavy atom. The van der Waals surface area contributed by atoms with Gasteiger partial charge in [-0.25, -0.2) is 0 Å². The van der Waals surface area contributed by atoms with Gasteiger partial charge in [0.05, 0.1) is 0 Å². The molecule has 0 aliphatic heterocycles. The molecule has 0 amide bonds. The second-order valence-corrected chi connectivity index (χ2v) is 6.03. The van der Waals surface area contributed by atoms with Gasteiger partial charge >= 0.3 is 0 Å². The molecule has 0 radical (unpaired) electrons. The van der Waals surface area contributed by atoms with Gasteiger partial charge < -0.3 is 10.1 Å². The van der Waals surface area contributed by atoms with E-state index in [2.05, 4.69) is 19.2 Å². The summed E-state index contributed by atoms with van der Waals surface area (Å²) in [5, 5.41) is 3.56. The summed E-state index contributed by atoms with van der Waals surface area (Å²) in [6, 6.07) is 10.1. The van der Waals surface area contributed by atoms with Crippen LogP contribution in [0.2, 0.25) is 0 Å². The highest BCUT2D eigenvalue weighted by Crippen LogP contribution is 2.27. The molecule has 0 heterocycles. The van der Waals surface area contributed by atoms with Crippen LogP contribution in [0.3, 0.4) is 0 Å². The van der Waals surface area contributed by atoms with Crippen molar-refractivity contribution in [3.05, 3.63) is 30.3 Å². The third-order valence-corrected chi connectivity index (χ3v) is 4.08. The van der Waals surface area contributed by atoms with Gasteiger partial charge in [-0.1, -0.05) is 38.0 Å². The van der Waals surface area contributed by atoms with Crippen LogP contribution in [-0.2, 0) is 0 Å². The van der Waals surface area contributed by atoms with Gasteiger partial charge in [0.1, 0.15) is 11.9 Å². The van der Waals surface area contributed by atoms with Crippen LogP contribution in [0.1, 0.15) is 39.5 Å². The molecule has 2 nitrogen and oxygen atoms in total. The Bertz CT molecular complexity index is 344. The van der Waals surface area contributed by atoms with E-state index in [9.17, 15) is 0 Å². The van der Waals surface area contributed by atoms with E-state index in [0.29, 0.717) is 0 Å². The maximum absolute atomic E-state index is 5.86. The smallest absolute Gasteiger partial charge is 0.119 e. The van der Waals surface area contributed by atoms with Crippen LogP contribution in [0.15, 0.2) is 30.3 Å². The molecule has 1 unspecified atom stereocenters. The predicted molar refractivity (Wildman–Crippen MR) is 80.5 cm³/mol. The zero-order valence-electron chi connectivity index (χ0n) is 12.3. The Morgan fingerprint density at radius 1 is 1.16 bits per heavy atom. The van der Waals surface area contributed by atoms with Crippen molar-refractivity contribution in [1.82, 2.24) is 5.32 Å². The average molecular weight is 261 g/mol. The average Bonchev–Trinajstić information content (AvgIpc) is 2.42. The van der Waals surface area contributed by atoms with Crippen molar-refractivity contribution >= 4 is 0 Å². The molecular formula is C17H27NO. The second-order valence-electron chi connectivity index (χ2n) is 6.03. The molecule has 0 bridgehead atoms. The van der Waals surface area contributed by atoms with E-state index in [4.69, 9.17) is 4.74 Å². The molecule has 0 spiro atoms. The third-order valence-electron chi connectivity index (χ3n) is 4.08. The van der Waals surface area contributed by atoms with E-state index < -0.39 is 0 Å². The Hall–Kier alpha value is -1.02. The summed E-state index contributed by atoms with van der Waals surface area (Å²) < 4.78 is 5.86. The molecule has 1 aliphatic rings. The van der Waals surface area contributed by atoms with Crippen molar-refractivity contribution in [2.45, 2.75) is 45.6 Å². The molecule has 1 aromatic carbocycles. The van der Waals surface area contributed by atoms with Gasteiger partial charge in [-0.2, -0.15) is 0 Å². The molecule has 1 fully saturated rings. The van der Waals surface area contributed by atoms with Crippen LogP contribution in [-0.4, -0.2) is 19.2 Å². The first-order valence-electron chi connectivity index (χ1n) is 7.66. The molecule has 1 aromatic rings. The lowest BCUT2D eigenvalue weighted by atomic mass is 9.83. The Balaban J connectivity index is 1.60. The quantitative estimate of drug-likeness (QED) is 0.839. The maximum Gasteiger partial charge on any atom is 0.119 e. The summed E-state index contributed by atoms with van der Waals surface area (Å²) in [7, 11) is 0. The topological polar surface area (TPSA) is 21.3 Å². The molecule has 19 heavy (non-hydrogen) atoms. The number of rotatable bonds is 6. The maximum atomic E-state index is 5.86. The fourth-order valence-electron chi connectivity index (χ4n) is 2.80. The predicted octanol–water partition coefficient (Wildman–Crippen LogP) is 3.87. The highest BCUT2D eigenvalue weighted by molar-refractivity contribution is 5.21. The van der Waals surface area contributed by atoms with Crippen LogP contribution < -0.4 is 10.1 Å². The Labute approximate surface area is 117 Å². The zero-order valence-corrected chi connectivity index (χ0v) is 12.3. The van der Waals surface area contributed by atoms with E-state index in [0.717, 1.165) is 30.7 Å². The van der Waals surface area contributed by atoms with Crippen molar-refractivity contribution < 1.29 is 4.74 Å². The fourth-order valence-corrected chi connectivity index (χ4v) is 2.80. The summed E-state index contributed by atoms with van der Waals surface area (Å²) in [4.78, 5) is 0. The fraction of sp³-hybridized carbons (Fsp3) is 0.647. The monoisotopic (exact) mass is 261 g/mol. The number of para-hydroxylation sites is 1. The summed E-state index contributed by atoms with van der Waals surface area (Å²) >= 11 is 0. The highest BCUT2D eigenvalue weighted by atomic mass is 16.5. The van der Waals surface area contributed by atoms with Crippen molar-refractivity contribution in [3.8, 4) is 5.75 Å². The summed E-state index contributed by atoms with van der Waals surface area (Å²) in [5.41, 5.74) is 0. The molecule has 2 rings (SSSR count). The van der Waals surface area contributed by atoms with Gasteiger partial charge in [0.25, 0.3) is 0 Å². The van der Waals surface area contributed by atoms with E-state index >= 15 is 0 Å². The van der Waals surface area contributed by atoms with Crippen LogP contribution in [0.5, 0.6) is 5.75 Å². The van der Waals surface area contributed by atoms with Gasteiger partial charge in [0.15, 0.2) is 0 Å². The first-order chi connectivity index (χ1) is 9.24. The number of hydrogen-bond donors (Lipinski definition) is 1. The Kier molecular flexibility index (Phi) is 5.71. The van der Waals surface area contributed by atoms with Crippen LogP contribution in [0.4, 0.5) is 0 Å². The van der Waals surface area contributed by atoms with Crippen LogP contribution >= 0.6 is 0 Å². The molecule has 0 saturated heterocycles. The molecule has 0 aromatic heterocycles. The molecule has 1 atom stereocenters. The zero-order chi connectivity index (χ0) is 13.5. The van der Waals surface area contributed by atoms with Gasteiger partial charge in [0.2, 0.25) is 0 Å². The number of hydrogen-bond acceptors (Lipinski definition) is 2. The van der Waals surface area contributed by atoms with Gasteiger partial charge in [-0.05, 0) is 50.3 Å². The van der Waals surface area contributed by atoms with Gasteiger partial charge in [-0.15, -0.1) is 0 Å². The van der Waals surface area contributed by atoms with E-state index in [1.165, 1.54) is 25.7 Å². The van der Waals surface area contributed by atoms with Crippen molar-refractivity contribution in [3.63, 3.8) is 0 Å². The lowest BCUT2D eigenvalue weighted by molar-refractivity contribution is 0.208. The number of benzene rings is 1. The normalized spacial score (nSPS) is 24.9. The number of ether oxygens (including phenoxy) is 1. The molecule has 1 saturated carbocycles. The van der Waals surface area contributed by atoms with Crippen molar-refractivity contribution in [1.29, 1.82) is 0 Å². The van der Waals surface area contributed by atoms with Crippen molar-refractivity contribution in [2.75, 3.05) is 13.1 Å². The first-order valence-corrected chi connectivity index (χ1v) is 7.66. The third kappa shape index (κ3) is 5.23. The molecule has 1 N–H and O–H groups in total. The lowest BCUT2D eigenvalue weighted by Crippen LogP contribution is -2.33. The second kappa shape index (κ2) is 7.54. The SMILES string of the molecule is CC1CCC(CNCC(C)Oc2ccccc2)CC1. The minimum atomic E-state index is 0.227. The molecule has 1 aliphatic carbocycles. The standard InChI is InChI=1S/C17H27NO/c1-14-8-10-16(11-9-14)13-18-12-15(2)19-17-6-4-3-5-7-17/h3-7,14-16,18H,8-13H2,1-2H3. The van der Waals surface area contributed by atoms with Crippen molar-refractivity contribution in [2.24, 2.45) is 11.8 Å². The largest absolute Gasteiger partial charge is 0.489 e. The van der Waals surface area contributed by atoms with Gasteiger partial charge in [-0.3, -0.25) is 0 Å². The minimum absolute atomic E-state index is 0.227. The van der Waals surface area contributed by atoms with E-state index in [-0.39, 0.29) is 6.10 Å². The van der Waals surface area contributed by atoms with E-state index in [1.54, 1.807) is 0 Å². The molecule has 106 valence electrons. The number of nitrogens with one attached hydrogen (secondary N) is 1. The summed E-state index contributed by atoms with van der Waals surface area (Å²) in [5.74, 6) is 2.78. The molecular weight excluding hydrogens is 234 g/mol. The van der Waals surface area contributed by atoms with Crippen LogP contribution in [0, 0.1) is 11.8 Å². The Morgan fingerprint density at radius 2 is 1.84 bits per heavy atom. The van der Waals surface area contributed by atoms with Crippen LogP contribution in [0.25, 0.3) is 0 Å².